The minimum Gasteiger partial charge on any atom is -0.367 e. The SMILES string of the molecule is Cc1cc(S(=O)(=O)N2CCC(Nc3ccc(C(F)(F)F)cn3)CC2)ccc1Br. The van der Waals surface area contributed by atoms with Crippen molar-refractivity contribution in [1.29, 1.82) is 0 Å². The van der Waals surface area contributed by atoms with E-state index in [2.05, 4.69) is 26.2 Å². The number of benzene rings is 1. The van der Waals surface area contributed by atoms with Crippen molar-refractivity contribution in [3.05, 3.63) is 52.1 Å². The summed E-state index contributed by atoms with van der Waals surface area (Å²) in [5, 5.41) is 3.08. The van der Waals surface area contributed by atoms with E-state index < -0.39 is 21.8 Å². The number of hydrogen-bond acceptors (Lipinski definition) is 4. The minimum absolute atomic E-state index is 0.0534. The maximum atomic E-state index is 12.8. The summed E-state index contributed by atoms with van der Waals surface area (Å²) in [6.45, 7) is 2.49. The zero-order valence-electron chi connectivity index (χ0n) is 15.0. The summed E-state index contributed by atoms with van der Waals surface area (Å²) in [4.78, 5) is 4.06. The van der Waals surface area contributed by atoms with E-state index in [-0.39, 0.29) is 10.9 Å². The highest BCUT2D eigenvalue weighted by Crippen LogP contribution is 2.29. The van der Waals surface area contributed by atoms with Crippen LogP contribution in [0.3, 0.4) is 0 Å². The van der Waals surface area contributed by atoms with Crippen LogP contribution in [0, 0.1) is 6.92 Å². The minimum atomic E-state index is -4.42. The van der Waals surface area contributed by atoms with Crippen LogP contribution >= 0.6 is 15.9 Å². The number of nitrogens with zero attached hydrogens (tertiary/aromatic N) is 2. The summed E-state index contributed by atoms with van der Waals surface area (Å²) in [6.07, 6.45) is -2.55. The molecule has 0 bridgehead atoms. The standard InChI is InChI=1S/C18H19BrF3N3O2S/c1-12-10-15(3-4-16(12)19)28(26,27)25-8-6-14(7-9-25)24-17-5-2-13(11-23-17)18(20,21)22/h2-5,10-11,14H,6-9H2,1H3,(H,23,24). The van der Waals surface area contributed by atoms with Crippen LogP contribution in [0.2, 0.25) is 0 Å². The van der Waals surface area contributed by atoms with Gasteiger partial charge in [0.2, 0.25) is 10.0 Å². The lowest BCUT2D eigenvalue weighted by Crippen LogP contribution is -2.42. The first-order valence-corrected chi connectivity index (χ1v) is 10.9. The number of aromatic nitrogens is 1. The molecule has 0 aliphatic carbocycles. The first kappa shape index (κ1) is 21.1. The van der Waals surface area contributed by atoms with Crippen molar-refractivity contribution in [2.45, 2.75) is 36.9 Å². The number of hydrogen-bond donors (Lipinski definition) is 1. The molecular weight excluding hydrogens is 459 g/mol. The summed E-state index contributed by atoms with van der Waals surface area (Å²) >= 11 is 3.36. The van der Waals surface area contributed by atoms with Crippen molar-refractivity contribution in [1.82, 2.24) is 9.29 Å². The lowest BCUT2D eigenvalue weighted by atomic mass is 10.1. The zero-order chi connectivity index (χ0) is 20.5. The van der Waals surface area contributed by atoms with Gasteiger partial charge in [-0.05, 0) is 55.7 Å². The second kappa shape index (κ2) is 8.00. The molecule has 152 valence electrons. The molecule has 1 aromatic carbocycles. The summed E-state index contributed by atoms with van der Waals surface area (Å²) in [7, 11) is -3.58. The molecule has 1 aliphatic rings. The number of halogens is 4. The van der Waals surface area contributed by atoms with Crippen molar-refractivity contribution in [2.75, 3.05) is 18.4 Å². The molecule has 0 radical (unpaired) electrons. The van der Waals surface area contributed by atoms with Gasteiger partial charge in [-0.15, -0.1) is 0 Å². The quantitative estimate of drug-likeness (QED) is 0.706. The lowest BCUT2D eigenvalue weighted by molar-refractivity contribution is -0.137. The Morgan fingerprint density at radius 2 is 1.86 bits per heavy atom. The molecule has 10 heteroatoms. The lowest BCUT2D eigenvalue weighted by Gasteiger charge is -2.32. The smallest absolute Gasteiger partial charge is 0.367 e. The van der Waals surface area contributed by atoms with Gasteiger partial charge in [-0.3, -0.25) is 0 Å². The molecule has 1 N–H and O–H groups in total. The van der Waals surface area contributed by atoms with Gasteiger partial charge in [0.15, 0.2) is 0 Å². The van der Waals surface area contributed by atoms with Crippen LogP contribution in [0.25, 0.3) is 0 Å². The zero-order valence-corrected chi connectivity index (χ0v) is 17.4. The van der Waals surface area contributed by atoms with E-state index >= 15 is 0 Å². The fourth-order valence-electron chi connectivity index (χ4n) is 3.02. The van der Waals surface area contributed by atoms with E-state index in [0.29, 0.717) is 31.7 Å². The van der Waals surface area contributed by atoms with Crippen molar-refractivity contribution in [3.8, 4) is 0 Å². The average Bonchev–Trinajstić information content (AvgIpc) is 2.64. The average molecular weight is 478 g/mol. The van der Waals surface area contributed by atoms with Crippen molar-refractivity contribution in [3.63, 3.8) is 0 Å². The number of pyridine rings is 1. The maximum Gasteiger partial charge on any atom is 0.417 e. The molecule has 1 fully saturated rings. The molecule has 0 saturated carbocycles. The first-order chi connectivity index (χ1) is 13.1. The highest BCUT2D eigenvalue weighted by Gasteiger charge is 2.32. The summed E-state index contributed by atoms with van der Waals surface area (Å²) in [6, 6.07) is 7.13. The molecule has 1 saturated heterocycles. The van der Waals surface area contributed by atoms with Gasteiger partial charge in [0.1, 0.15) is 5.82 Å². The highest BCUT2D eigenvalue weighted by molar-refractivity contribution is 9.10. The Labute approximate surface area is 170 Å². The van der Waals surface area contributed by atoms with Gasteiger partial charge < -0.3 is 5.32 Å². The molecule has 28 heavy (non-hydrogen) atoms. The third kappa shape index (κ3) is 4.66. The number of nitrogens with one attached hydrogen (secondary N) is 1. The van der Waals surface area contributed by atoms with E-state index in [4.69, 9.17) is 0 Å². The Bertz CT molecular complexity index is 942. The van der Waals surface area contributed by atoms with E-state index in [1.54, 1.807) is 18.2 Å². The van der Waals surface area contributed by atoms with Gasteiger partial charge in [-0.25, -0.2) is 13.4 Å². The molecular formula is C18H19BrF3N3O2S. The molecule has 2 heterocycles. The fraction of sp³-hybridized carbons (Fsp3) is 0.389. The Balaban J connectivity index is 1.61. The molecule has 5 nitrogen and oxygen atoms in total. The Morgan fingerprint density at radius 1 is 1.18 bits per heavy atom. The van der Waals surface area contributed by atoms with Gasteiger partial charge >= 0.3 is 6.18 Å². The number of anilines is 1. The molecule has 2 aromatic rings. The van der Waals surface area contributed by atoms with Crippen LogP contribution in [0.15, 0.2) is 45.9 Å². The number of aryl methyl sites for hydroxylation is 1. The molecule has 1 aliphatic heterocycles. The third-order valence-electron chi connectivity index (χ3n) is 4.66. The maximum absolute atomic E-state index is 12.8. The van der Waals surface area contributed by atoms with Crippen LogP contribution in [0.4, 0.5) is 19.0 Å². The molecule has 0 unspecified atom stereocenters. The van der Waals surface area contributed by atoms with Crippen LogP contribution in [0.5, 0.6) is 0 Å². The fourth-order valence-corrected chi connectivity index (χ4v) is 4.83. The Kier molecular flexibility index (Phi) is 6.02. The number of rotatable bonds is 4. The largest absolute Gasteiger partial charge is 0.417 e. The van der Waals surface area contributed by atoms with Gasteiger partial charge in [0.05, 0.1) is 10.5 Å². The van der Waals surface area contributed by atoms with Crippen LogP contribution in [-0.2, 0) is 16.2 Å². The summed E-state index contributed by atoms with van der Waals surface area (Å²) in [5.74, 6) is 0.345. The second-order valence-corrected chi connectivity index (χ2v) is 9.46. The van der Waals surface area contributed by atoms with Gasteiger partial charge in [0, 0.05) is 29.8 Å². The molecule has 1 aromatic heterocycles. The predicted octanol–water partition coefficient (Wildman–Crippen LogP) is 4.44. The molecule has 0 spiro atoms. The van der Waals surface area contributed by atoms with Crippen molar-refractivity contribution < 1.29 is 21.6 Å². The van der Waals surface area contributed by atoms with Gasteiger partial charge in [0.25, 0.3) is 0 Å². The Hall–Kier alpha value is -1.65. The molecule has 3 rings (SSSR count). The van der Waals surface area contributed by atoms with E-state index in [0.717, 1.165) is 22.3 Å². The Morgan fingerprint density at radius 3 is 2.39 bits per heavy atom. The van der Waals surface area contributed by atoms with Crippen molar-refractivity contribution >= 4 is 31.8 Å². The second-order valence-electron chi connectivity index (χ2n) is 6.66. The van der Waals surface area contributed by atoms with Crippen molar-refractivity contribution in [2.24, 2.45) is 0 Å². The summed E-state index contributed by atoms with van der Waals surface area (Å²) in [5.41, 5.74) is 0.0368. The number of alkyl halides is 3. The topological polar surface area (TPSA) is 62.3 Å². The first-order valence-electron chi connectivity index (χ1n) is 8.63. The highest BCUT2D eigenvalue weighted by atomic mass is 79.9. The van der Waals surface area contributed by atoms with E-state index in [1.807, 2.05) is 6.92 Å². The summed E-state index contributed by atoms with van der Waals surface area (Å²) < 4.78 is 65.7. The predicted molar refractivity (Wildman–Crippen MR) is 104 cm³/mol. The van der Waals surface area contributed by atoms with Crippen LogP contribution in [0.1, 0.15) is 24.0 Å². The monoisotopic (exact) mass is 477 g/mol. The molecule has 0 amide bonds. The van der Waals surface area contributed by atoms with Gasteiger partial charge in [-0.2, -0.15) is 17.5 Å². The normalized spacial score (nSPS) is 16.9. The third-order valence-corrected chi connectivity index (χ3v) is 7.45. The van der Waals surface area contributed by atoms with Crippen LogP contribution < -0.4 is 5.32 Å². The number of sulfonamides is 1. The van der Waals surface area contributed by atoms with E-state index in [9.17, 15) is 21.6 Å². The number of piperidine rings is 1. The van der Waals surface area contributed by atoms with E-state index in [1.165, 1.54) is 10.4 Å². The van der Waals surface area contributed by atoms with Gasteiger partial charge in [-0.1, -0.05) is 15.9 Å². The van der Waals surface area contributed by atoms with Crippen LogP contribution in [-0.4, -0.2) is 36.8 Å². The molecule has 0 atom stereocenters.